The molecule has 1 aromatic carbocycles. The summed E-state index contributed by atoms with van der Waals surface area (Å²) in [6.45, 7) is 2.86. The lowest BCUT2D eigenvalue weighted by Gasteiger charge is -2.24. The zero-order chi connectivity index (χ0) is 18.2. The second-order valence-corrected chi connectivity index (χ2v) is 6.73. The summed E-state index contributed by atoms with van der Waals surface area (Å²) < 4.78 is 0. The number of Topliss-reactive ketones (excluding diaryl/α,β-unsaturated/α-hetero) is 1. The average molecular weight is 337 g/mol. The van der Waals surface area contributed by atoms with Crippen LogP contribution in [0, 0.1) is 0 Å². The van der Waals surface area contributed by atoms with Gasteiger partial charge in [0, 0.05) is 12.8 Å². The molecule has 0 fully saturated rings. The molecule has 2 atom stereocenters. The largest absolute Gasteiger partial charge is 0.394 e. The van der Waals surface area contributed by atoms with Gasteiger partial charge in [-0.1, -0.05) is 30.3 Å². The summed E-state index contributed by atoms with van der Waals surface area (Å²) in [5.74, 6) is -0.602. The SMILES string of the molecule is CC(C)(O)C[C@H](CO)NC(=O)C[C@H](O)CC(=O)Cc1ccccc1. The monoisotopic (exact) mass is 337 g/mol. The van der Waals surface area contributed by atoms with Crippen LogP contribution < -0.4 is 5.32 Å². The summed E-state index contributed by atoms with van der Waals surface area (Å²) in [4.78, 5) is 23.8. The maximum absolute atomic E-state index is 11.9. The predicted octanol–water partition coefficient (Wildman–Crippen LogP) is 0.577. The van der Waals surface area contributed by atoms with Gasteiger partial charge >= 0.3 is 0 Å². The molecule has 0 bridgehead atoms. The number of carbonyl (C=O) groups is 2. The van der Waals surface area contributed by atoms with E-state index in [0.29, 0.717) is 0 Å². The summed E-state index contributed by atoms with van der Waals surface area (Å²) in [6, 6.07) is 8.61. The molecule has 24 heavy (non-hydrogen) atoms. The highest BCUT2D eigenvalue weighted by Gasteiger charge is 2.23. The molecule has 0 saturated carbocycles. The molecule has 0 radical (unpaired) electrons. The molecule has 0 spiro atoms. The van der Waals surface area contributed by atoms with Crippen molar-refractivity contribution in [1.29, 1.82) is 0 Å². The Labute approximate surface area is 142 Å². The van der Waals surface area contributed by atoms with Gasteiger partial charge in [-0.05, 0) is 25.8 Å². The normalized spacial score (nSPS) is 14.0. The van der Waals surface area contributed by atoms with Crippen LogP contribution in [0.25, 0.3) is 0 Å². The van der Waals surface area contributed by atoms with Crippen molar-refractivity contribution < 1.29 is 24.9 Å². The first-order chi connectivity index (χ1) is 11.2. The van der Waals surface area contributed by atoms with Crippen LogP contribution in [0.2, 0.25) is 0 Å². The second kappa shape index (κ2) is 9.52. The Bertz CT molecular complexity index is 524. The van der Waals surface area contributed by atoms with Gasteiger partial charge in [-0.3, -0.25) is 9.59 Å². The lowest BCUT2D eigenvalue weighted by molar-refractivity contribution is -0.125. The van der Waals surface area contributed by atoms with Crippen molar-refractivity contribution in [1.82, 2.24) is 5.32 Å². The van der Waals surface area contributed by atoms with E-state index in [1.165, 1.54) is 0 Å². The van der Waals surface area contributed by atoms with Gasteiger partial charge in [-0.25, -0.2) is 0 Å². The lowest BCUT2D eigenvalue weighted by atomic mass is 9.99. The highest BCUT2D eigenvalue weighted by Crippen LogP contribution is 2.11. The third kappa shape index (κ3) is 8.76. The first kappa shape index (κ1) is 20.3. The number of aliphatic hydroxyl groups is 3. The molecular formula is C18H27NO5. The molecule has 0 aliphatic heterocycles. The van der Waals surface area contributed by atoms with Crippen LogP contribution >= 0.6 is 0 Å². The molecule has 0 aromatic heterocycles. The van der Waals surface area contributed by atoms with Gasteiger partial charge in [0.05, 0.1) is 30.8 Å². The minimum absolute atomic E-state index is 0.0996. The van der Waals surface area contributed by atoms with Crippen molar-refractivity contribution in [2.45, 2.75) is 57.3 Å². The minimum Gasteiger partial charge on any atom is -0.394 e. The summed E-state index contributed by atoms with van der Waals surface area (Å²) in [5, 5.41) is 31.4. The molecule has 1 rings (SSSR count). The Balaban J connectivity index is 2.39. The molecule has 0 saturated heterocycles. The van der Waals surface area contributed by atoms with Crippen LogP contribution in [0.1, 0.15) is 38.7 Å². The van der Waals surface area contributed by atoms with Crippen LogP contribution in [0.4, 0.5) is 0 Å². The third-order valence-electron chi connectivity index (χ3n) is 3.46. The number of amides is 1. The standard InChI is InChI=1S/C18H27NO5/c1-18(2,24)11-14(12-20)19-17(23)10-16(22)9-15(21)8-13-6-4-3-5-7-13/h3-7,14,16,20,22,24H,8-12H2,1-2H3,(H,19,23)/t14-,16-/m1/s1. The first-order valence-electron chi connectivity index (χ1n) is 8.06. The van der Waals surface area contributed by atoms with Crippen LogP contribution in [-0.4, -0.2) is 51.4 Å². The van der Waals surface area contributed by atoms with Crippen molar-refractivity contribution in [2.75, 3.05) is 6.61 Å². The number of carbonyl (C=O) groups excluding carboxylic acids is 2. The van der Waals surface area contributed by atoms with Crippen LogP contribution in [0.5, 0.6) is 0 Å². The number of aliphatic hydroxyl groups excluding tert-OH is 2. The van der Waals surface area contributed by atoms with Gasteiger partial charge < -0.3 is 20.6 Å². The van der Waals surface area contributed by atoms with E-state index in [1.807, 2.05) is 30.3 Å². The third-order valence-corrected chi connectivity index (χ3v) is 3.46. The van der Waals surface area contributed by atoms with E-state index >= 15 is 0 Å². The minimum atomic E-state index is -1.07. The van der Waals surface area contributed by atoms with Crippen molar-refractivity contribution in [3.8, 4) is 0 Å². The van der Waals surface area contributed by atoms with Crippen molar-refractivity contribution in [2.24, 2.45) is 0 Å². The molecule has 0 aliphatic rings. The molecule has 4 N–H and O–H groups in total. The number of nitrogens with one attached hydrogen (secondary N) is 1. The molecule has 6 nitrogen and oxygen atoms in total. The lowest BCUT2D eigenvalue weighted by Crippen LogP contribution is -2.43. The van der Waals surface area contributed by atoms with E-state index in [9.17, 15) is 24.9 Å². The molecule has 1 aromatic rings. The van der Waals surface area contributed by atoms with Crippen molar-refractivity contribution in [3.05, 3.63) is 35.9 Å². The Morgan fingerprint density at radius 3 is 2.33 bits per heavy atom. The van der Waals surface area contributed by atoms with Gasteiger partial charge in [-0.2, -0.15) is 0 Å². The van der Waals surface area contributed by atoms with Gasteiger partial charge in [0.25, 0.3) is 0 Å². The van der Waals surface area contributed by atoms with Crippen LogP contribution in [0.3, 0.4) is 0 Å². The van der Waals surface area contributed by atoms with E-state index < -0.39 is 23.7 Å². The van der Waals surface area contributed by atoms with Gasteiger partial charge in [0.1, 0.15) is 5.78 Å². The van der Waals surface area contributed by atoms with Gasteiger partial charge in [0.2, 0.25) is 5.91 Å². The number of ketones is 1. The smallest absolute Gasteiger partial charge is 0.222 e. The highest BCUT2D eigenvalue weighted by atomic mass is 16.3. The number of benzene rings is 1. The number of hydrogen-bond donors (Lipinski definition) is 4. The fraction of sp³-hybridized carbons (Fsp3) is 0.556. The quantitative estimate of drug-likeness (QED) is 0.500. The maximum Gasteiger partial charge on any atom is 0.222 e. The Hall–Kier alpha value is -1.76. The van der Waals surface area contributed by atoms with E-state index in [4.69, 9.17) is 0 Å². The summed E-state index contributed by atoms with van der Waals surface area (Å²) >= 11 is 0. The highest BCUT2D eigenvalue weighted by molar-refractivity contribution is 5.83. The Kier molecular flexibility index (Phi) is 8.04. The molecular weight excluding hydrogens is 310 g/mol. The summed E-state index contributed by atoms with van der Waals surface area (Å²) in [5.41, 5.74) is -0.157. The van der Waals surface area contributed by atoms with E-state index in [-0.39, 0.29) is 38.1 Å². The Morgan fingerprint density at radius 2 is 1.79 bits per heavy atom. The fourth-order valence-corrected chi connectivity index (χ4v) is 2.50. The fourth-order valence-electron chi connectivity index (χ4n) is 2.50. The van der Waals surface area contributed by atoms with E-state index in [0.717, 1.165) is 5.56 Å². The predicted molar refractivity (Wildman–Crippen MR) is 90.3 cm³/mol. The average Bonchev–Trinajstić information content (AvgIpc) is 2.45. The molecule has 1 amide bonds. The summed E-state index contributed by atoms with van der Waals surface area (Å²) in [7, 11) is 0. The molecule has 134 valence electrons. The topological polar surface area (TPSA) is 107 Å². The van der Waals surface area contributed by atoms with Crippen molar-refractivity contribution >= 4 is 11.7 Å². The van der Waals surface area contributed by atoms with Gasteiger partial charge in [0.15, 0.2) is 0 Å². The first-order valence-corrected chi connectivity index (χ1v) is 8.06. The van der Waals surface area contributed by atoms with E-state index in [1.54, 1.807) is 13.8 Å². The zero-order valence-electron chi connectivity index (χ0n) is 14.2. The van der Waals surface area contributed by atoms with Crippen LogP contribution in [0.15, 0.2) is 30.3 Å². The van der Waals surface area contributed by atoms with Crippen molar-refractivity contribution in [3.63, 3.8) is 0 Å². The molecule has 0 unspecified atom stereocenters. The molecule has 6 heteroatoms. The maximum atomic E-state index is 11.9. The van der Waals surface area contributed by atoms with Crippen LogP contribution in [-0.2, 0) is 16.0 Å². The number of rotatable bonds is 10. The number of hydrogen-bond acceptors (Lipinski definition) is 5. The molecule has 0 aliphatic carbocycles. The van der Waals surface area contributed by atoms with Gasteiger partial charge in [-0.15, -0.1) is 0 Å². The zero-order valence-corrected chi connectivity index (χ0v) is 14.2. The van der Waals surface area contributed by atoms with E-state index in [2.05, 4.69) is 5.32 Å². The Morgan fingerprint density at radius 1 is 1.17 bits per heavy atom. The molecule has 0 heterocycles. The summed E-state index contributed by atoms with van der Waals surface area (Å²) in [6.07, 6.45) is -0.973. The second-order valence-electron chi connectivity index (χ2n) is 6.73.